The average molecular weight is 1190 g/mol. The first-order valence-electron chi connectivity index (χ1n) is 34.9. The Morgan fingerprint density at radius 1 is 0.250 bits per heavy atom. The maximum atomic E-state index is 6.47. The highest BCUT2D eigenvalue weighted by Crippen LogP contribution is 2.35. The van der Waals surface area contributed by atoms with E-state index in [1.165, 1.54) is 231 Å². The van der Waals surface area contributed by atoms with Gasteiger partial charge in [0.05, 0.1) is 26.4 Å². The van der Waals surface area contributed by atoms with E-state index in [4.69, 9.17) is 44.2 Å². The standard InChI is InChI=1S/C78H120O4S2/c1-5-9-13-17-21-25-29-33-37-41-61-79-73-59-53-69(65-75(73)81-63-43-39-35-31-27-23-19-15-11-7-3)47-45-67-49-55-71(56-50-67)77(83)78(84)72-57-51-68(52-58-72)46-48-70-54-60-74(80-62-42-38-34-30-26-22-18-14-10-6-2)76(66-70)82-64-44-40-36-32-28-24-20-16-12-8-4/h45-60,65-66,83-84H,5-44,61-64H2,1-4H3/b47-45+,48-46+,78-77-. The van der Waals surface area contributed by atoms with Gasteiger partial charge in [0.25, 0.3) is 0 Å². The maximum absolute atomic E-state index is 6.47. The van der Waals surface area contributed by atoms with Gasteiger partial charge >= 0.3 is 0 Å². The van der Waals surface area contributed by atoms with Crippen molar-refractivity contribution in [2.45, 2.75) is 285 Å². The summed E-state index contributed by atoms with van der Waals surface area (Å²) in [6, 6.07) is 29.9. The second-order valence-corrected chi connectivity index (χ2v) is 25.0. The predicted molar refractivity (Wildman–Crippen MR) is 378 cm³/mol. The van der Waals surface area contributed by atoms with Crippen LogP contribution in [0.2, 0.25) is 0 Å². The van der Waals surface area contributed by atoms with Gasteiger partial charge in [0, 0.05) is 9.81 Å². The smallest absolute Gasteiger partial charge is 0.161 e. The first kappa shape index (κ1) is 72.5. The van der Waals surface area contributed by atoms with Crippen molar-refractivity contribution in [1.82, 2.24) is 0 Å². The zero-order valence-electron chi connectivity index (χ0n) is 54.0. The molecule has 0 fully saturated rings. The average Bonchev–Trinajstić information content (AvgIpc) is 3.73. The molecule has 0 unspecified atom stereocenters. The van der Waals surface area contributed by atoms with Gasteiger partial charge in [-0.15, -0.1) is 25.3 Å². The summed E-state index contributed by atoms with van der Waals surface area (Å²) in [6.07, 6.45) is 61.2. The van der Waals surface area contributed by atoms with E-state index in [-0.39, 0.29) is 0 Å². The Bertz CT molecular complexity index is 2140. The molecule has 0 saturated heterocycles. The van der Waals surface area contributed by atoms with Crippen molar-refractivity contribution in [3.05, 3.63) is 118 Å². The van der Waals surface area contributed by atoms with Gasteiger partial charge < -0.3 is 18.9 Å². The molecule has 0 bridgehead atoms. The van der Waals surface area contributed by atoms with E-state index in [0.29, 0.717) is 0 Å². The molecular formula is C78H120O4S2. The third-order valence-corrected chi connectivity index (χ3v) is 17.6. The molecule has 4 nitrogen and oxygen atoms in total. The molecule has 0 aromatic heterocycles. The molecule has 4 rings (SSSR count). The van der Waals surface area contributed by atoms with Crippen LogP contribution in [0.15, 0.2) is 84.9 Å². The Morgan fingerprint density at radius 3 is 0.702 bits per heavy atom. The van der Waals surface area contributed by atoms with E-state index in [1.54, 1.807) is 0 Å². The molecule has 0 saturated carbocycles. The molecule has 4 aromatic rings. The summed E-state index contributed by atoms with van der Waals surface area (Å²) in [6.45, 7) is 12.1. The van der Waals surface area contributed by atoms with Crippen molar-refractivity contribution in [3.63, 3.8) is 0 Å². The number of ether oxygens (including phenoxy) is 4. The van der Waals surface area contributed by atoms with Gasteiger partial charge in [-0.1, -0.05) is 344 Å². The molecule has 0 radical (unpaired) electrons. The number of hydrogen-bond acceptors (Lipinski definition) is 6. The molecule has 0 aliphatic rings. The lowest BCUT2D eigenvalue weighted by Gasteiger charge is -2.14. The third kappa shape index (κ3) is 34.4. The van der Waals surface area contributed by atoms with Crippen LogP contribution in [-0.2, 0) is 0 Å². The Balaban J connectivity index is 1.31. The molecule has 468 valence electrons. The Hall–Kier alpha value is -4.00. The zero-order valence-corrected chi connectivity index (χ0v) is 55.8. The lowest BCUT2D eigenvalue weighted by molar-refractivity contribution is 0.258. The molecule has 0 N–H and O–H groups in total. The second-order valence-electron chi connectivity index (χ2n) is 24.1. The largest absolute Gasteiger partial charge is 0.490 e. The minimum atomic E-state index is 0.717. The van der Waals surface area contributed by atoms with Crippen LogP contribution in [0, 0.1) is 0 Å². The number of thiol groups is 2. The Labute approximate surface area is 527 Å². The van der Waals surface area contributed by atoms with Crippen LogP contribution < -0.4 is 18.9 Å². The van der Waals surface area contributed by atoms with Crippen molar-refractivity contribution in [2.75, 3.05) is 26.4 Å². The highest BCUT2D eigenvalue weighted by atomic mass is 32.1. The minimum Gasteiger partial charge on any atom is -0.490 e. The lowest BCUT2D eigenvalue weighted by atomic mass is 10.1. The SMILES string of the molecule is CCCCCCCCCCCCOc1ccc(/C=C/c2ccc(/C(S)=C(/S)c3ccc(/C=C/c4ccc(OCCCCCCCCCCCC)c(OCCCCCCCCCCCC)c4)cc3)cc2)cc1OCCCCCCCCCCCC. The van der Waals surface area contributed by atoms with Crippen LogP contribution in [0.3, 0.4) is 0 Å². The van der Waals surface area contributed by atoms with Gasteiger partial charge in [-0.2, -0.15) is 0 Å². The monoisotopic (exact) mass is 1180 g/mol. The highest BCUT2D eigenvalue weighted by molar-refractivity contribution is 7.96. The van der Waals surface area contributed by atoms with Gasteiger partial charge in [-0.3, -0.25) is 0 Å². The van der Waals surface area contributed by atoms with Gasteiger partial charge in [0.1, 0.15) is 0 Å². The summed E-state index contributed by atoms with van der Waals surface area (Å²) >= 11 is 9.99. The van der Waals surface area contributed by atoms with E-state index in [1.807, 2.05) is 0 Å². The van der Waals surface area contributed by atoms with Gasteiger partial charge in [-0.25, -0.2) is 0 Å². The number of unbranched alkanes of at least 4 members (excludes halogenated alkanes) is 36. The summed E-state index contributed by atoms with van der Waals surface area (Å²) < 4.78 is 25.7. The van der Waals surface area contributed by atoms with E-state index >= 15 is 0 Å². The number of rotatable bonds is 54. The lowest BCUT2D eigenvalue weighted by Crippen LogP contribution is -2.03. The molecule has 0 amide bonds. The topological polar surface area (TPSA) is 36.9 Å². The summed E-state index contributed by atoms with van der Waals surface area (Å²) in [7, 11) is 0. The molecule has 84 heavy (non-hydrogen) atoms. The minimum absolute atomic E-state index is 0.717. The summed E-state index contributed by atoms with van der Waals surface area (Å²) in [5.74, 6) is 3.42. The summed E-state index contributed by atoms with van der Waals surface area (Å²) in [5, 5.41) is 0. The zero-order chi connectivity index (χ0) is 59.6. The quantitative estimate of drug-likeness (QED) is 0.0262. The fourth-order valence-corrected chi connectivity index (χ4v) is 11.5. The fraction of sp³-hybridized carbons (Fsp3) is 0.615. The van der Waals surface area contributed by atoms with Crippen LogP contribution in [0.5, 0.6) is 23.0 Å². The van der Waals surface area contributed by atoms with Crippen molar-refractivity contribution < 1.29 is 18.9 Å². The number of benzene rings is 4. The molecular weight excluding hydrogens is 1060 g/mol. The normalized spacial score (nSPS) is 12.0. The Kier molecular flexibility index (Phi) is 43.2. The molecule has 6 heteroatoms. The van der Waals surface area contributed by atoms with Crippen LogP contribution in [0.1, 0.15) is 318 Å². The summed E-state index contributed by atoms with van der Waals surface area (Å²) in [4.78, 5) is 1.69. The Morgan fingerprint density at radius 2 is 0.452 bits per heavy atom. The van der Waals surface area contributed by atoms with E-state index in [2.05, 4.69) is 137 Å². The van der Waals surface area contributed by atoms with Crippen molar-refractivity contribution in [1.29, 1.82) is 0 Å². The molecule has 0 heterocycles. The molecule has 0 aliphatic heterocycles. The number of hydrogen-bond donors (Lipinski definition) is 2. The first-order valence-corrected chi connectivity index (χ1v) is 35.8. The van der Waals surface area contributed by atoms with Crippen molar-refractivity contribution in [3.8, 4) is 23.0 Å². The van der Waals surface area contributed by atoms with Gasteiger partial charge in [0.15, 0.2) is 23.0 Å². The third-order valence-electron chi connectivity index (χ3n) is 16.5. The maximum Gasteiger partial charge on any atom is 0.161 e. The van der Waals surface area contributed by atoms with Crippen molar-refractivity contribution in [2.24, 2.45) is 0 Å². The fourth-order valence-electron chi connectivity index (χ4n) is 11.0. The van der Waals surface area contributed by atoms with Crippen LogP contribution in [0.4, 0.5) is 0 Å². The van der Waals surface area contributed by atoms with Crippen LogP contribution in [0.25, 0.3) is 34.1 Å². The highest BCUT2D eigenvalue weighted by Gasteiger charge is 2.11. The second kappa shape index (κ2) is 50.0. The summed E-state index contributed by atoms with van der Waals surface area (Å²) in [5.41, 5.74) is 6.48. The molecule has 0 aliphatic carbocycles. The molecule has 4 aromatic carbocycles. The molecule has 0 spiro atoms. The van der Waals surface area contributed by atoms with E-state index in [9.17, 15) is 0 Å². The molecule has 0 atom stereocenters. The van der Waals surface area contributed by atoms with Crippen LogP contribution in [-0.4, -0.2) is 26.4 Å². The van der Waals surface area contributed by atoms with Crippen molar-refractivity contribution >= 4 is 59.4 Å². The van der Waals surface area contributed by atoms with E-state index in [0.717, 1.165) is 118 Å². The predicted octanol–water partition coefficient (Wildman–Crippen LogP) is 25.9. The van der Waals surface area contributed by atoms with E-state index < -0.39 is 0 Å². The van der Waals surface area contributed by atoms with Gasteiger partial charge in [0.2, 0.25) is 0 Å². The van der Waals surface area contributed by atoms with Gasteiger partial charge in [-0.05, 0) is 83.3 Å². The first-order chi connectivity index (χ1) is 41.4. The van der Waals surface area contributed by atoms with Crippen LogP contribution >= 0.6 is 25.3 Å².